The number of hydrogen-bond acceptors (Lipinski definition) is 18. The number of aliphatic carboxylic acids is 2. The Balaban J connectivity index is 4.25. The summed E-state index contributed by atoms with van der Waals surface area (Å²) in [6, 6.07) is -18.3. The summed E-state index contributed by atoms with van der Waals surface area (Å²) in [7, 11) is 0. The highest BCUT2D eigenvalue weighted by Gasteiger charge is 2.40. The van der Waals surface area contributed by atoms with Gasteiger partial charge in [0.25, 0.3) is 0 Å². The zero-order valence-electron chi connectivity index (χ0n) is 57.9. The lowest BCUT2D eigenvalue weighted by Crippen LogP contribution is -2.62. The lowest BCUT2D eigenvalue weighted by Gasteiger charge is -2.31. The predicted octanol–water partition coefficient (Wildman–Crippen LogP) is -0.413. The number of nitrogens with one attached hydrogen (secondary N) is 11. The minimum Gasteiger partial charge on any atom is -0.481 e. The number of unbranched alkanes of at least 4 members (excludes halogenated alkanes) is 4. The van der Waals surface area contributed by atoms with Crippen LogP contribution in [0.15, 0.2) is 0 Å². The van der Waals surface area contributed by atoms with Crippen LogP contribution in [0.3, 0.4) is 0 Å². The van der Waals surface area contributed by atoms with E-state index in [0.717, 1.165) is 26.2 Å². The SMILES string of the molecule is CCCCCCC[C@@H]1CC(=O)N[C@@H](CC(C)C)C(=O)N[C@H](CC(=O)O)C(=O)N[C@@H]([C@@H](C)O)C(=O)N[C@@H](CC(C)C)C(=O)N[C@@H](CC(C)C)C(=O)N[C@@H](CO)C(=O)N[C@H](CC(C)C)C(=O)N[C@@H](CO)C(=O)N[C@H]([C@@H](C)CC)C(=O)N[C@H]([C@@H](C)CC)C(=O)N[C@@H](CC(=O)O)C(=O)O1. The topological polar surface area (TPSA) is 482 Å². The summed E-state index contributed by atoms with van der Waals surface area (Å²) < 4.78 is 5.82. The second-order valence-corrected chi connectivity index (χ2v) is 26.6. The van der Waals surface area contributed by atoms with Crippen molar-refractivity contribution in [2.75, 3.05) is 13.2 Å². The zero-order chi connectivity index (χ0) is 72.6. The lowest BCUT2D eigenvalue weighted by molar-refractivity contribution is -0.158. The fraction of sp³-hybridized carbons (Fsp3) is 0.781. The minimum atomic E-state index is -1.97. The first-order chi connectivity index (χ1) is 44.4. The van der Waals surface area contributed by atoms with Crippen LogP contribution in [0.4, 0.5) is 0 Å². The molecule has 16 N–H and O–H groups in total. The molecule has 31 nitrogen and oxygen atoms in total. The van der Waals surface area contributed by atoms with Gasteiger partial charge in [0.1, 0.15) is 72.6 Å². The van der Waals surface area contributed by atoms with Gasteiger partial charge in [-0.3, -0.25) is 62.3 Å². The summed E-state index contributed by atoms with van der Waals surface area (Å²) in [5.41, 5.74) is 0. The van der Waals surface area contributed by atoms with Crippen LogP contribution < -0.4 is 58.5 Å². The molecule has 95 heavy (non-hydrogen) atoms. The maximum absolute atomic E-state index is 14.4. The maximum atomic E-state index is 14.4. The van der Waals surface area contributed by atoms with Gasteiger partial charge in [-0.05, 0) is 81.0 Å². The van der Waals surface area contributed by atoms with Crippen LogP contribution >= 0.6 is 0 Å². The molecule has 1 saturated heterocycles. The van der Waals surface area contributed by atoms with Crippen LogP contribution in [0.1, 0.15) is 193 Å². The number of esters is 1. The molecule has 0 spiro atoms. The number of carboxylic acid groups (broad SMARTS) is 2. The summed E-state index contributed by atoms with van der Waals surface area (Å²) >= 11 is 0. The van der Waals surface area contributed by atoms with Crippen LogP contribution in [0.5, 0.6) is 0 Å². The molecule has 0 radical (unpaired) electrons. The molecule has 1 rings (SSSR count). The van der Waals surface area contributed by atoms with E-state index < -0.39 is 206 Å². The summed E-state index contributed by atoms with van der Waals surface area (Å²) in [4.78, 5) is 195. The van der Waals surface area contributed by atoms with E-state index in [1.54, 1.807) is 83.1 Å². The van der Waals surface area contributed by atoms with Gasteiger partial charge in [-0.1, -0.05) is 129 Å². The first-order valence-corrected chi connectivity index (χ1v) is 33.3. The Hall–Kier alpha value is -7.54. The van der Waals surface area contributed by atoms with E-state index in [0.29, 0.717) is 12.8 Å². The summed E-state index contributed by atoms with van der Waals surface area (Å²) in [5.74, 6) is -18.7. The van der Waals surface area contributed by atoms with Gasteiger partial charge in [0.2, 0.25) is 65.0 Å². The van der Waals surface area contributed by atoms with Gasteiger partial charge in [-0.25, -0.2) is 4.79 Å². The molecule has 542 valence electrons. The minimum absolute atomic E-state index is 0.0322. The summed E-state index contributed by atoms with van der Waals surface area (Å²) in [6.45, 7) is 21.1. The largest absolute Gasteiger partial charge is 0.481 e. The van der Waals surface area contributed by atoms with Crippen molar-refractivity contribution in [3.05, 3.63) is 0 Å². The Morgan fingerprint density at radius 1 is 0.400 bits per heavy atom. The normalized spacial score (nSPS) is 26.6. The molecule has 0 aromatic carbocycles. The van der Waals surface area contributed by atoms with Gasteiger partial charge in [0, 0.05) is 0 Å². The quantitative estimate of drug-likeness (QED) is 0.0408. The third kappa shape index (κ3) is 31.7. The van der Waals surface area contributed by atoms with Crippen LogP contribution in [0, 0.1) is 35.5 Å². The average molecular weight is 1350 g/mol. The Morgan fingerprint density at radius 2 is 0.705 bits per heavy atom. The number of ether oxygens (including phenoxy) is 1. The predicted molar refractivity (Wildman–Crippen MR) is 346 cm³/mol. The van der Waals surface area contributed by atoms with E-state index >= 15 is 0 Å². The molecule has 0 saturated carbocycles. The molecule has 0 bridgehead atoms. The third-order valence-electron chi connectivity index (χ3n) is 16.0. The Morgan fingerprint density at radius 3 is 1.09 bits per heavy atom. The number of rotatable bonds is 25. The van der Waals surface area contributed by atoms with Gasteiger partial charge >= 0.3 is 17.9 Å². The van der Waals surface area contributed by atoms with Crippen molar-refractivity contribution in [2.45, 2.75) is 272 Å². The first kappa shape index (κ1) is 85.5. The lowest BCUT2D eigenvalue weighted by atomic mass is 9.94. The molecule has 0 aromatic rings. The van der Waals surface area contributed by atoms with E-state index in [-0.39, 0.29) is 68.6 Å². The molecule has 0 aliphatic carbocycles. The van der Waals surface area contributed by atoms with E-state index in [2.05, 4.69) is 58.5 Å². The van der Waals surface area contributed by atoms with Crippen molar-refractivity contribution in [1.29, 1.82) is 0 Å². The third-order valence-corrected chi connectivity index (χ3v) is 16.0. The Labute approximate surface area is 557 Å². The van der Waals surface area contributed by atoms with Crippen LogP contribution in [0.2, 0.25) is 0 Å². The van der Waals surface area contributed by atoms with Gasteiger partial charge in [0.05, 0.1) is 38.6 Å². The van der Waals surface area contributed by atoms with Gasteiger partial charge in [-0.15, -0.1) is 0 Å². The molecule has 0 aromatic heterocycles. The number of hydrogen-bond donors (Lipinski definition) is 16. The van der Waals surface area contributed by atoms with Crippen LogP contribution in [-0.4, -0.2) is 200 Å². The molecule has 0 unspecified atom stereocenters. The number of carboxylic acids is 2. The number of carbonyl (C=O) groups excluding carboxylic acids is 12. The summed E-state index contributed by atoms with van der Waals surface area (Å²) in [6.07, 6.45) is -2.22. The van der Waals surface area contributed by atoms with Crippen molar-refractivity contribution >= 4 is 82.9 Å². The van der Waals surface area contributed by atoms with E-state index in [1.165, 1.54) is 0 Å². The number of aliphatic hydroxyl groups is 3. The van der Waals surface area contributed by atoms with Crippen LogP contribution in [0.25, 0.3) is 0 Å². The Bertz CT molecular complexity index is 2570. The fourth-order valence-electron chi connectivity index (χ4n) is 10.3. The zero-order valence-corrected chi connectivity index (χ0v) is 57.9. The van der Waals surface area contributed by atoms with Crippen molar-refractivity contribution in [2.24, 2.45) is 35.5 Å². The molecule has 31 heteroatoms. The highest BCUT2D eigenvalue weighted by atomic mass is 16.5. The molecule has 1 aliphatic heterocycles. The van der Waals surface area contributed by atoms with E-state index in [4.69, 9.17) is 4.74 Å². The first-order valence-electron chi connectivity index (χ1n) is 33.3. The molecule has 1 fully saturated rings. The van der Waals surface area contributed by atoms with Crippen molar-refractivity contribution in [3.8, 4) is 0 Å². The number of carbonyl (C=O) groups is 14. The monoisotopic (exact) mass is 1350 g/mol. The number of amides is 11. The molecular weight excluding hydrogens is 1240 g/mol. The van der Waals surface area contributed by atoms with Crippen molar-refractivity contribution in [3.63, 3.8) is 0 Å². The van der Waals surface area contributed by atoms with Crippen LogP contribution in [-0.2, 0) is 71.9 Å². The highest BCUT2D eigenvalue weighted by Crippen LogP contribution is 2.19. The summed E-state index contributed by atoms with van der Waals surface area (Å²) in [5, 5.41) is 78.9. The second-order valence-electron chi connectivity index (χ2n) is 26.6. The fourth-order valence-corrected chi connectivity index (χ4v) is 10.3. The van der Waals surface area contributed by atoms with E-state index in [9.17, 15) is 92.7 Å². The van der Waals surface area contributed by atoms with E-state index in [1.807, 2.05) is 6.92 Å². The average Bonchev–Trinajstić information content (AvgIpc) is 0.886. The number of cyclic esters (lactones) is 1. The van der Waals surface area contributed by atoms with Gasteiger partial charge in [0.15, 0.2) is 0 Å². The van der Waals surface area contributed by atoms with Gasteiger partial charge in [-0.2, -0.15) is 0 Å². The molecule has 1 heterocycles. The maximum Gasteiger partial charge on any atom is 0.329 e. The van der Waals surface area contributed by atoms with Crippen molar-refractivity contribution < 1.29 is 97.4 Å². The smallest absolute Gasteiger partial charge is 0.329 e. The molecule has 11 amide bonds. The standard InChI is InChI=1S/C64H111N11O20/c1-15-18-19-20-21-22-39-27-48(79)65-40(23-32(4)5)54(84)68-44(28-49(80)81)58(88)75-53(38(14)78)63(93)69-43(26-35(10)11)55(85)66-41(24-33(6)7)56(86)71-46(30-76)59(89)67-42(25-34(8)9)57(87)72-47(31-77)60(90)73-52(37(13)17-3)62(92)74-51(36(12)16-2)61(91)70-45(29-50(82)83)64(94)95-39/h32-47,51-53,76-78H,15-31H2,1-14H3,(H,65,79)(H,66,85)(H,67,89)(H,68,84)(H,69,93)(H,70,91)(H,71,86)(H,72,87)(H,73,90)(H,74,92)(H,75,88)(H,80,81)(H,82,83)/t36-,37-,38+,39+,40-,41-,42+,43-,44+,45-,46-,47-,51+,52+,53-/m0/s1. The number of aliphatic hydroxyl groups excluding tert-OH is 3. The second kappa shape index (κ2) is 43.5. The molecular formula is C64H111N11O20. The Kier molecular flexibility index (Phi) is 39.2. The molecule has 15 atom stereocenters. The molecule has 1 aliphatic rings. The van der Waals surface area contributed by atoms with Crippen molar-refractivity contribution in [1.82, 2.24) is 58.5 Å². The van der Waals surface area contributed by atoms with Gasteiger partial charge < -0.3 is 88.8 Å². The highest BCUT2D eigenvalue weighted by molar-refractivity contribution is 6.00.